The molecule has 9 heteroatoms. The van der Waals surface area contributed by atoms with Gasteiger partial charge in [0.25, 0.3) is 5.91 Å². The Morgan fingerprint density at radius 1 is 1.07 bits per heavy atom. The minimum absolute atomic E-state index is 0.164. The zero-order valence-electron chi connectivity index (χ0n) is 17.0. The summed E-state index contributed by atoms with van der Waals surface area (Å²) in [4.78, 5) is 12.6. The van der Waals surface area contributed by atoms with Crippen molar-refractivity contribution in [1.29, 1.82) is 0 Å². The molecule has 1 aliphatic heterocycles. The Kier molecular flexibility index (Phi) is 7.30. The molecule has 1 fully saturated rings. The molecule has 2 aromatic carbocycles. The number of carbonyl (C=O) groups is 1. The minimum atomic E-state index is -3.58. The number of amides is 1. The first-order chi connectivity index (χ1) is 14.4. The zero-order valence-corrected chi connectivity index (χ0v) is 17.9. The summed E-state index contributed by atoms with van der Waals surface area (Å²) >= 11 is 0. The van der Waals surface area contributed by atoms with Gasteiger partial charge < -0.3 is 19.5 Å². The molecule has 1 aliphatic rings. The summed E-state index contributed by atoms with van der Waals surface area (Å²) < 4.78 is 42.7. The highest BCUT2D eigenvalue weighted by molar-refractivity contribution is 7.89. The minimum Gasteiger partial charge on any atom is -0.497 e. The summed E-state index contributed by atoms with van der Waals surface area (Å²) in [5, 5.41) is 2.85. The Morgan fingerprint density at radius 3 is 2.27 bits per heavy atom. The zero-order chi connectivity index (χ0) is 21.6. The summed E-state index contributed by atoms with van der Waals surface area (Å²) in [5.74, 6) is 1.12. The quantitative estimate of drug-likeness (QED) is 0.682. The van der Waals surface area contributed by atoms with Gasteiger partial charge in [0.2, 0.25) is 10.0 Å². The number of carbonyl (C=O) groups excluding carboxylic acids is 1. The van der Waals surface area contributed by atoms with E-state index in [2.05, 4.69) is 5.32 Å². The van der Waals surface area contributed by atoms with Gasteiger partial charge in [0.15, 0.2) is 0 Å². The van der Waals surface area contributed by atoms with Crippen LogP contribution in [0.1, 0.15) is 17.3 Å². The van der Waals surface area contributed by atoms with Crippen LogP contribution >= 0.6 is 0 Å². The second-order valence-corrected chi connectivity index (χ2v) is 8.84. The maximum Gasteiger partial charge on any atom is 0.251 e. The van der Waals surface area contributed by atoms with Gasteiger partial charge in [0, 0.05) is 18.7 Å². The molecule has 1 N–H and O–H groups in total. The Labute approximate surface area is 176 Å². The summed E-state index contributed by atoms with van der Waals surface area (Å²) in [5.41, 5.74) is 0.382. The third-order valence-electron chi connectivity index (χ3n) is 4.66. The van der Waals surface area contributed by atoms with E-state index in [-0.39, 0.29) is 16.8 Å². The van der Waals surface area contributed by atoms with Crippen LogP contribution in [0, 0.1) is 0 Å². The van der Waals surface area contributed by atoms with Crippen LogP contribution in [-0.2, 0) is 14.8 Å². The average Bonchev–Trinajstić information content (AvgIpc) is 2.78. The first-order valence-corrected chi connectivity index (χ1v) is 11.1. The number of sulfonamides is 1. The van der Waals surface area contributed by atoms with Crippen LogP contribution in [0.3, 0.4) is 0 Å². The normalized spacial score (nSPS) is 15.9. The third kappa shape index (κ3) is 5.50. The highest BCUT2D eigenvalue weighted by Gasteiger charge is 2.26. The van der Waals surface area contributed by atoms with Crippen molar-refractivity contribution in [2.45, 2.75) is 17.9 Å². The monoisotopic (exact) mass is 434 g/mol. The average molecular weight is 435 g/mol. The largest absolute Gasteiger partial charge is 0.497 e. The van der Waals surface area contributed by atoms with Crippen LogP contribution < -0.4 is 14.8 Å². The molecule has 2 aromatic rings. The van der Waals surface area contributed by atoms with Crippen molar-refractivity contribution in [3.05, 3.63) is 54.1 Å². The van der Waals surface area contributed by atoms with Gasteiger partial charge in [-0.2, -0.15) is 4.31 Å². The van der Waals surface area contributed by atoms with E-state index in [1.807, 2.05) is 6.92 Å². The van der Waals surface area contributed by atoms with Crippen molar-refractivity contribution in [2.75, 3.05) is 40.0 Å². The molecule has 162 valence electrons. The molecule has 1 atom stereocenters. The van der Waals surface area contributed by atoms with Gasteiger partial charge >= 0.3 is 0 Å². The molecule has 0 spiro atoms. The molecule has 8 nitrogen and oxygen atoms in total. The first-order valence-electron chi connectivity index (χ1n) is 9.66. The summed E-state index contributed by atoms with van der Waals surface area (Å²) in [6, 6.07) is 12.9. The number of hydrogen-bond acceptors (Lipinski definition) is 6. The second-order valence-electron chi connectivity index (χ2n) is 6.90. The van der Waals surface area contributed by atoms with Gasteiger partial charge in [-0.15, -0.1) is 0 Å². The van der Waals surface area contributed by atoms with Gasteiger partial charge in [0.1, 0.15) is 18.1 Å². The van der Waals surface area contributed by atoms with Crippen LogP contribution in [0.5, 0.6) is 11.5 Å². The molecule has 30 heavy (non-hydrogen) atoms. The molecule has 1 amide bonds. The topological polar surface area (TPSA) is 94.2 Å². The number of benzene rings is 2. The van der Waals surface area contributed by atoms with Gasteiger partial charge in [0.05, 0.1) is 31.3 Å². The van der Waals surface area contributed by atoms with Crippen LogP contribution in [0.15, 0.2) is 53.4 Å². The van der Waals surface area contributed by atoms with E-state index >= 15 is 0 Å². The molecule has 0 aliphatic carbocycles. The Hall–Kier alpha value is -2.62. The number of morpholine rings is 1. The maximum absolute atomic E-state index is 12.7. The van der Waals surface area contributed by atoms with Gasteiger partial charge in [-0.25, -0.2) is 8.42 Å². The van der Waals surface area contributed by atoms with Gasteiger partial charge in [-0.05, 0) is 55.5 Å². The lowest BCUT2D eigenvalue weighted by atomic mass is 10.2. The highest BCUT2D eigenvalue weighted by Crippen LogP contribution is 2.18. The predicted octanol–water partition coefficient (Wildman–Crippen LogP) is 1.91. The molecule has 0 unspecified atom stereocenters. The number of methoxy groups -OCH3 is 1. The standard InChI is InChI=1S/C21H26N2O6S/c1-16(15-29-19-7-5-18(27-2)6-8-19)22-21(24)17-3-9-20(10-4-17)30(25,26)23-11-13-28-14-12-23/h3-10,16H,11-15H2,1-2H3,(H,22,24)/t16-/m1/s1. The lowest BCUT2D eigenvalue weighted by molar-refractivity contribution is 0.0730. The van der Waals surface area contributed by atoms with Crippen molar-refractivity contribution >= 4 is 15.9 Å². The first kappa shape index (κ1) is 22.1. The molecule has 0 aromatic heterocycles. The smallest absolute Gasteiger partial charge is 0.251 e. The van der Waals surface area contributed by atoms with Gasteiger partial charge in [-0.3, -0.25) is 4.79 Å². The molecule has 0 radical (unpaired) electrons. The summed E-state index contributed by atoms with van der Waals surface area (Å²) in [6.45, 7) is 3.55. The highest BCUT2D eigenvalue weighted by atomic mass is 32.2. The molecule has 3 rings (SSSR count). The van der Waals surface area contributed by atoms with Gasteiger partial charge in [-0.1, -0.05) is 0 Å². The van der Waals surface area contributed by atoms with Crippen LogP contribution in [0.4, 0.5) is 0 Å². The van der Waals surface area contributed by atoms with Crippen molar-refractivity contribution in [3.63, 3.8) is 0 Å². The van der Waals surface area contributed by atoms with E-state index in [0.717, 1.165) is 5.75 Å². The van der Waals surface area contributed by atoms with Crippen LogP contribution in [0.25, 0.3) is 0 Å². The van der Waals surface area contributed by atoms with Crippen molar-refractivity contribution in [2.24, 2.45) is 0 Å². The summed E-state index contributed by atoms with van der Waals surface area (Å²) in [7, 11) is -1.98. The van der Waals surface area contributed by atoms with Crippen LogP contribution in [0.2, 0.25) is 0 Å². The number of rotatable bonds is 8. The van der Waals surface area contributed by atoms with E-state index in [0.29, 0.717) is 44.2 Å². The predicted molar refractivity (Wildman–Crippen MR) is 111 cm³/mol. The fourth-order valence-corrected chi connectivity index (χ4v) is 4.36. The molecule has 1 heterocycles. The number of nitrogens with zero attached hydrogens (tertiary/aromatic N) is 1. The lowest BCUT2D eigenvalue weighted by Gasteiger charge is -2.26. The number of nitrogens with one attached hydrogen (secondary N) is 1. The lowest BCUT2D eigenvalue weighted by Crippen LogP contribution is -2.40. The van der Waals surface area contributed by atoms with Crippen LogP contribution in [-0.4, -0.2) is 64.7 Å². The molecule has 0 bridgehead atoms. The Morgan fingerprint density at radius 2 is 1.67 bits per heavy atom. The third-order valence-corrected chi connectivity index (χ3v) is 6.57. The fraction of sp³-hybridized carbons (Fsp3) is 0.381. The number of hydrogen-bond donors (Lipinski definition) is 1. The van der Waals surface area contributed by atoms with E-state index in [9.17, 15) is 13.2 Å². The molecule has 1 saturated heterocycles. The number of ether oxygens (including phenoxy) is 3. The molecular weight excluding hydrogens is 408 g/mol. The van der Waals surface area contributed by atoms with E-state index in [4.69, 9.17) is 14.2 Å². The van der Waals surface area contributed by atoms with E-state index in [1.165, 1.54) is 28.6 Å². The van der Waals surface area contributed by atoms with Crippen molar-refractivity contribution < 1.29 is 27.4 Å². The Balaban J connectivity index is 1.54. The molecule has 0 saturated carbocycles. The fourth-order valence-electron chi connectivity index (χ4n) is 2.96. The van der Waals surface area contributed by atoms with Crippen molar-refractivity contribution in [1.82, 2.24) is 9.62 Å². The molecular formula is C21H26N2O6S. The second kappa shape index (κ2) is 9.92. The Bertz CT molecular complexity index is 938. The van der Waals surface area contributed by atoms with E-state index < -0.39 is 10.0 Å². The van der Waals surface area contributed by atoms with Crippen molar-refractivity contribution in [3.8, 4) is 11.5 Å². The summed E-state index contributed by atoms with van der Waals surface area (Å²) in [6.07, 6.45) is 0. The maximum atomic E-state index is 12.7. The van der Waals surface area contributed by atoms with E-state index in [1.54, 1.807) is 31.4 Å². The SMILES string of the molecule is COc1ccc(OC[C@@H](C)NC(=O)c2ccc(S(=O)(=O)N3CCOCC3)cc2)cc1.